The molecule has 3 nitrogen and oxygen atoms in total. The molecule has 1 aliphatic rings. The third-order valence-electron chi connectivity index (χ3n) is 3.25. The van der Waals surface area contributed by atoms with Crippen molar-refractivity contribution in [2.75, 3.05) is 18.0 Å². The molecule has 4 heteroatoms. The Morgan fingerprint density at radius 1 is 1.37 bits per heavy atom. The number of nitriles is 1. The molecule has 0 unspecified atom stereocenters. The van der Waals surface area contributed by atoms with Gasteiger partial charge in [-0.25, -0.2) is 4.98 Å². The maximum atomic E-state index is 8.92. The molecular formula is C15H13N3S. The predicted molar refractivity (Wildman–Crippen MR) is 78.1 cm³/mol. The Morgan fingerprint density at radius 3 is 3.00 bits per heavy atom. The summed E-state index contributed by atoms with van der Waals surface area (Å²) in [5.74, 6) is 0.889. The molecule has 3 rings (SSSR count). The molecule has 19 heavy (non-hydrogen) atoms. The maximum Gasteiger partial charge on any atom is 0.130 e. The Morgan fingerprint density at radius 2 is 2.32 bits per heavy atom. The van der Waals surface area contributed by atoms with Gasteiger partial charge in [-0.15, -0.1) is 11.3 Å². The lowest BCUT2D eigenvalue weighted by molar-refractivity contribution is 0.817. The van der Waals surface area contributed by atoms with Gasteiger partial charge in [0.2, 0.25) is 0 Å². The van der Waals surface area contributed by atoms with Crippen molar-refractivity contribution in [3.63, 3.8) is 0 Å². The zero-order valence-corrected chi connectivity index (χ0v) is 11.2. The molecule has 0 saturated carbocycles. The number of pyridine rings is 1. The maximum absolute atomic E-state index is 8.92. The third kappa shape index (κ3) is 2.51. The average Bonchev–Trinajstić information content (AvgIpc) is 3.02. The van der Waals surface area contributed by atoms with E-state index in [0.717, 1.165) is 25.3 Å². The summed E-state index contributed by atoms with van der Waals surface area (Å²) in [7, 11) is 0. The molecule has 1 aliphatic heterocycles. The first kappa shape index (κ1) is 11.9. The monoisotopic (exact) mass is 267 g/mol. The lowest BCUT2D eigenvalue weighted by Crippen LogP contribution is -2.28. The SMILES string of the molecule is N#Cc1ccnc(N2CC=C(c3cccs3)CC2)c1. The van der Waals surface area contributed by atoms with E-state index in [1.807, 2.05) is 6.07 Å². The van der Waals surface area contributed by atoms with Crippen LogP contribution in [-0.2, 0) is 0 Å². The Bertz CT molecular complexity index is 638. The fourth-order valence-electron chi connectivity index (χ4n) is 2.22. The number of aromatic nitrogens is 1. The molecular weight excluding hydrogens is 254 g/mol. The lowest BCUT2D eigenvalue weighted by atomic mass is 10.1. The standard InChI is InChI=1S/C15H13N3S/c16-11-12-3-6-17-15(10-12)18-7-4-13(5-8-18)14-2-1-9-19-14/h1-4,6,9-10H,5,7-8H2. The van der Waals surface area contributed by atoms with Crippen LogP contribution in [0.3, 0.4) is 0 Å². The highest BCUT2D eigenvalue weighted by Gasteiger charge is 2.15. The van der Waals surface area contributed by atoms with Crippen LogP contribution >= 0.6 is 11.3 Å². The van der Waals surface area contributed by atoms with Crippen molar-refractivity contribution in [1.82, 2.24) is 4.98 Å². The van der Waals surface area contributed by atoms with Crippen molar-refractivity contribution < 1.29 is 0 Å². The highest BCUT2D eigenvalue weighted by molar-refractivity contribution is 7.11. The molecule has 0 fully saturated rings. The summed E-state index contributed by atoms with van der Waals surface area (Å²) in [4.78, 5) is 7.91. The molecule has 0 atom stereocenters. The molecule has 0 bridgehead atoms. The second kappa shape index (κ2) is 5.25. The van der Waals surface area contributed by atoms with E-state index in [2.05, 4.69) is 39.5 Å². The van der Waals surface area contributed by atoms with E-state index in [9.17, 15) is 0 Å². The van der Waals surface area contributed by atoms with Crippen LogP contribution in [0.25, 0.3) is 5.57 Å². The first-order chi connectivity index (χ1) is 9.36. The van der Waals surface area contributed by atoms with Crippen molar-refractivity contribution in [2.24, 2.45) is 0 Å². The molecule has 94 valence electrons. The second-order valence-corrected chi connectivity index (χ2v) is 5.36. The molecule has 0 saturated heterocycles. The summed E-state index contributed by atoms with van der Waals surface area (Å²) in [6.07, 6.45) is 4.99. The van der Waals surface area contributed by atoms with E-state index < -0.39 is 0 Å². The van der Waals surface area contributed by atoms with E-state index in [4.69, 9.17) is 5.26 Å². The van der Waals surface area contributed by atoms with E-state index in [1.54, 1.807) is 23.6 Å². The van der Waals surface area contributed by atoms with E-state index in [-0.39, 0.29) is 0 Å². The molecule has 0 aliphatic carbocycles. The van der Waals surface area contributed by atoms with Crippen LogP contribution in [0.4, 0.5) is 5.82 Å². The quantitative estimate of drug-likeness (QED) is 0.838. The van der Waals surface area contributed by atoms with Gasteiger partial charge < -0.3 is 4.90 Å². The van der Waals surface area contributed by atoms with Gasteiger partial charge >= 0.3 is 0 Å². The summed E-state index contributed by atoms with van der Waals surface area (Å²) in [5.41, 5.74) is 2.08. The van der Waals surface area contributed by atoms with Crippen molar-refractivity contribution in [3.05, 3.63) is 52.4 Å². The Labute approximate surface area is 116 Å². The van der Waals surface area contributed by atoms with Crippen molar-refractivity contribution in [2.45, 2.75) is 6.42 Å². The van der Waals surface area contributed by atoms with Gasteiger partial charge in [-0.3, -0.25) is 0 Å². The Hall–Kier alpha value is -2.12. The van der Waals surface area contributed by atoms with Gasteiger partial charge in [0.25, 0.3) is 0 Å². The number of anilines is 1. The van der Waals surface area contributed by atoms with E-state index >= 15 is 0 Å². The van der Waals surface area contributed by atoms with Crippen LogP contribution in [-0.4, -0.2) is 18.1 Å². The topological polar surface area (TPSA) is 39.9 Å². The largest absolute Gasteiger partial charge is 0.353 e. The Balaban J connectivity index is 1.78. The summed E-state index contributed by atoms with van der Waals surface area (Å²) < 4.78 is 0. The zero-order chi connectivity index (χ0) is 13.1. The minimum absolute atomic E-state index is 0.665. The van der Waals surface area contributed by atoms with Crippen molar-refractivity contribution in [3.8, 4) is 6.07 Å². The van der Waals surface area contributed by atoms with Crippen molar-refractivity contribution >= 4 is 22.7 Å². The van der Waals surface area contributed by atoms with Crippen LogP contribution in [0.5, 0.6) is 0 Å². The molecule has 2 aromatic heterocycles. The van der Waals surface area contributed by atoms with E-state index in [0.29, 0.717) is 5.56 Å². The van der Waals surface area contributed by atoms with E-state index in [1.165, 1.54) is 10.5 Å². The lowest BCUT2D eigenvalue weighted by Gasteiger charge is -2.27. The van der Waals surface area contributed by atoms with Crippen LogP contribution in [0.1, 0.15) is 16.9 Å². The first-order valence-electron chi connectivity index (χ1n) is 6.21. The minimum Gasteiger partial charge on any atom is -0.353 e. The van der Waals surface area contributed by atoms with Gasteiger partial charge in [0.1, 0.15) is 5.82 Å². The molecule has 0 amide bonds. The van der Waals surface area contributed by atoms with Crippen LogP contribution < -0.4 is 4.90 Å². The van der Waals surface area contributed by atoms with Crippen molar-refractivity contribution in [1.29, 1.82) is 5.26 Å². The average molecular weight is 267 g/mol. The third-order valence-corrected chi connectivity index (χ3v) is 4.19. The van der Waals surface area contributed by atoms with Gasteiger partial charge in [0.15, 0.2) is 0 Å². The summed E-state index contributed by atoms with van der Waals surface area (Å²) in [5, 5.41) is 11.0. The number of thiophene rings is 1. The molecule has 0 N–H and O–H groups in total. The smallest absolute Gasteiger partial charge is 0.130 e. The summed E-state index contributed by atoms with van der Waals surface area (Å²) >= 11 is 1.79. The minimum atomic E-state index is 0.665. The van der Waals surface area contributed by atoms with Gasteiger partial charge in [0, 0.05) is 24.2 Å². The molecule has 3 heterocycles. The normalized spacial score (nSPS) is 14.9. The highest BCUT2D eigenvalue weighted by Crippen LogP contribution is 2.27. The first-order valence-corrected chi connectivity index (χ1v) is 7.09. The van der Waals surface area contributed by atoms with Crippen LogP contribution in [0.2, 0.25) is 0 Å². The molecule has 2 aromatic rings. The number of rotatable bonds is 2. The van der Waals surface area contributed by atoms with Gasteiger partial charge in [0.05, 0.1) is 11.6 Å². The number of nitrogens with zero attached hydrogens (tertiary/aromatic N) is 3. The predicted octanol–water partition coefficient (Wildman–Crippen LogP) is 3.31. The Kier molecular flexibility index (Phi) is 3.30. The van der Waals surface area contributed by atoms with Gasteiger partial charge in [-0.05, 0) is 35.6 Å². The highest BCUT2D eigenvalue weighted by atomic mass is 32.1. The summed E-state index contributed by atoms with van der Waals surface area (Å²) in [6.45, 7) is 1.81. The van der Waals surface area contributed by atoms with Crippen LogP contribution in [0, 0.1) is 11.3 Å². The number of hydrogen-bond acceptors (Lipinski definition) is 4. The van der Waals surface area contributed by atoms with Gasteiger partial charge in [-0.1, -0.05) is 12.1 Å². The molecule has 0 radical (unpaired) electrons. The van der Waals surface area contributed by atoms with Crippen LogP contribution in [0.15, 0.2) is 41.9 Å². The fourth-order valence-corrected chi connectivity index (χ4v) is 3.02. The second-order valence-electron chi connectivity index (χ2n) is 4.42. The number of hydrogen-bond donors (Lipinski definition) is 0. The fraction of sp³-hybridized carbons (Fsp3) is 0.200. The molecule has 0 spiro atoms. The molecule has 0 aromatic carbocycles. The van der Waals surface area contributed by atoms with Gasteiger partial charge in [-0.2, -0.15) is 5.26 Å². The summed E-state index contributed by atoms with van der Waals surface area (Å²) in [6, 6.07) is 10.0. The zero-order valence-electron chi connectivity index (χ0n) is 10.4.